The number of fused-ring (bicyclic) bond motifs is 5. The molecule has 9 atom stereocenters. The van der Waals surface area contributed by atoms with E-state index in [0.29, 0.717) is 16.9 Å². The lowest BCUT2D eigenvalue weighted by molar-refractivity contribution is -0.121. The van der Waals surface area contributed by atoms with Crippen molar-refractivity contribution in [3.8, 4) is 0 Å². The number of rotatable bonds is 12. The van der Waals surface area contributed by atoms with Gasteiger partial charge in [-0.2, -0.15) is 0 Å². The lowest BCUT2D eigenvalue weighted by Gasteiger charge is -2.58. The Morgan fingerprint density at radius 3 is 2.42 bits per heavy atom. The Kier molecular flexibility index (Phi) is 9.01. The maximum absolute atomic E-state index is 6.82. The highest BCUT2D eigenvalue weighted by atomic mass is 16.6. The number of allylic oxidation sites excluding steroid dienone is 1. The summed E-state index contributed by atoms with van der Waals surface area (Å²) in [5, 5.41) is 0. The van der Waals surface area contributed by atoms with E-state index in [1.54, 1.807) is 5.57 Å². The fourth-order valence-corrected chi connectivity index (χ4v) is 10.4. The first-order chi connectivity index (χ1) is 18.8. The summed E-state index contributed by atoms with van der Waals surface area (Å²) in [6, 6.07) is 0. The fourth-order valence-electron chi connectivity index (χ4n) is 10.4. The Labute approximate surface area is 247 Å². The first kappa shape index (κ1) is 31.1. The van der Waals surface area contributed by atoms with Crippen LogP contribution in [-0.2, 0) is 14.2 Å². The van der Waals surface area contributed by atoms with E-state index >= 15 is 0 Å². The van der Waals surface area contributed by atoms with Crippen LogP contribution in [0.5, 0.6) is 0 Å². The molecule has 3 saturated carbocycles. The van der Waals surface area contributed by atoms with E-state index in [9.17, 15) is 0 Å². The third-order valence-corrected chi connectivity index (χ3v) is 13.0. The molecule has 0 aromatic carbocycles. The van der Waals surface area contributed by atoms with E-state index in [0.717, 1.165) is 61.6 Å². The van der Waals surface area contributed by atoms with E-state index in [1.165, 1.54) is 64.2 Å². The topological polar surface area (TPSA) is 31.0 Å². The second-order valence-corrected chi connectivity index (χ2v) is 17.1. The Morgan fingerprint density at radius 2 is 1.73 bits per heavy atom. The first-order valence-electron chi connectivity index (χ1n) is 17.4. The van der Waals surface area contributed by atoms with Crippen LogP contribution in [0.25, 0.3) is 0 Å². The molecule has 0 bridgehead atoms. The molecule has 4 fully saturated rings. The molecular formula is C37H64O3. The highest BCUT2D eigenvalue weighted by Gasteiger charge is 2.59. The van der Waals surface area contributed by atoms with Crippen LogP contribution in [0.3, 0.4) is 0 Å². The van der Waals surface area contributed by atoms with Crippen LogP contribution in [-0.4, -0.2) is 36.6 Å². The third kappa shape index (κ3) is 6.28. The molecule has 8 unspecified atom stereocenters. The van der Waals surface area contributed by atoms with Gasteiger partial charge in [-0.15, -0.1) is 0 Å². The van der Waals surface area contributed by atoms with Gasteiger partial charge in [0.05, 0.1) is 30.5 Å². The van der Waals surface area contributed by atoms with E-state index in [-0.39, 0.29) is 17.3 Å². The largest absolute Gasteiger partial charge is 0.373 e. The predicted molar refractivity (Wildman–Crippen MR) is 166 cm³/mol. The molecule has 3 nitrogen and oxygen atoms in total. The summed E-state index contributed by atoms with van der Waals surface area (Å²) < 4.78 is 18.5. The van der Waals surface area contributed by atoms with Gasteiger partial charge >= 0.3 is 0 Å². The molecule has 0 aromatic heterocycles. The van der Waals surface area contributed by atoms with Crippen molar-refractivity contribution >= 4 is 0 Å². The van der Waals surface area contributed by atoms with Crippen molar-refractivity contribution in [2.45, 2.75) is 163 Å². The molecule has 1 heterocycles. The monoisotopic (exact) mass is 556 g/mol. The van der Waals surface area contributed by atoms with E-state index in [2.05, 4.69) is 68.4 Å². The van der Waals surface area contributed by atoms with Gasteiger partial charge < -0.3 is 14.2 Å². The van der Waals surface area contributed by atoms with E-state index in [1.807, 2.05) is 0 Å². The van der Waals surface area contributed by atoms with Crippen LogP contribution in [0.2, 0.25) is 0 Å². The Morgan fingerprint density at radius 1 is 0.975 bits per heavy atom. The van der Waals surface area contributed by atoms with Crippen LogP contribution in [0.1, 0.15) is 139 Å². The summed E-state index contributed by atoms with van der Waals surface area (Å²) in [6.45, 7) is 23.1. The minimum absolute atomic E-state index is 0.159. The fraction of sp³-hybridized carbons (Fsp3) is 0.946. The van der Waals surface area contributed by atoms with E-state index in [4.69, 9.17) is 14.2 Å². The summed E-state index contributed by atoms with van der Waals surface area (Å²) in [5.74, 6) is 5.42. The third-order valence-electron chi connectivity index (χ3n) is 13.0. The van der Waals surface area contributed by atoms with Crippen LogP contribution in [0.4, 0.5) is 0 Å². The Bertz CT molecular complexity index is 899. The van der Waals surface area contributed by atoms with Gasteiger partial charge in [0.15, 0.2) is 0 Å². The summed E-state index contributed by atoms with van der Waals surface area (Å²) >= 11 is 0. The zero-order chi connectivity index (χ0) is 28.9. The van der Waals surface area contributed by atoms with Gasteiger partial charge in [0, 0.05) is 0 Å². The SMILES string of the molecule is CC(C)CCCC(C)C1CCC2C3CC=C4CC(OC(C)(C)CCOC(C)(C)C5CO5)CCC4(C)C3CC[C@]12C. The molecule has 3 heteroatoms. The molecule has 5 aliphatic rings. The highest BCUT2D eigenvalue weighted by Crippen LogP contribution is 2.67. The van der Waals surface area contributed by atoms with Gasteiger partial charge in [-0.3, -0.25) is 0 Å². The number of hydrogen-bond acceptors (Lipinski definition) is 3. The quantitative estimate of drug-likeness (QED) is 0.177. The minimum atomic E-state index is -0.187. The average molecular weight is 557 g/mol. The minimum Gasteiger partial charge on any atom is -0.373 e. The molecule has 0 spiro atoms. The van der Waals surface area contributed by atoms with Crippen LogP contribution in [0, 0.1) is 46.3 Å². The molecule has 230 valence electrons. The molecule has 5 rings (SSSR count). The van der Waals surface area contributed by atoms with Gasteiger partial charge in [-0.25, -0.2) is 0 Å². The normalized spacial score (nSPS) is 40.3. The highest BCUT2D eigenvalue weighted by molar-refractivity contribution is 5.25. The maximum atomic E-state index is 6.82. The molecule has 1 saturated heterocycles. The van der Waals surface area contributed by atoms with Crippen molar-refractivity contribution in [1.82, 2.24) is 0 Å². The molecule has 0 aromatic rings. The first-order valence-corrected chi connectivity index (χ1v) is 17.4. The molecule has 1 aliphatic heterocycles. The summed E-state index contributed by atoms with van der Waals surface area (Å²) in [6.07, 6.45) is 19.4. The molecule has 4 aliphatic carbocycles. The van der Waals surface area contributed by atoms with Gasteiger partial charge in [-0.05, 0) is 132 Å². The van der Waals surface area contributed by atoms with Crippen molar-refractivity contribution in [2.24, 2.45) is 46.3 Å². The molecule has 40 heavy (non-hydrogen) atoms. The number of ether oxygens (including phenoxy) is 3. The molecular weight excluding hydrogens is 492 g/mol. The van der Waals surface area contributed by atoms with Crippen LogP contribution < -0.4 is 0 Å². The summed E-state index contributed by atoms with van der Waals surface area (Å²) in [5.41, 5.74) is 2.37. The zero-order valence-electron chi connectivity index (χ0n) is 27.8. The molecule has 0 radical (unpaired) electrons. The number of epoxide rings is 1. The van der Waals surface area contributed by atoms with Gasteiger partial charge in [0.25, 0.3) is 0 Å². The van der Waals surface area contributed by atoms with Crippen LogP contribution in [0.15, 0.2) is 11.6 Å². The van der Waals surface area contributed by atoms with Crippen molar-refractivity contribution < 1.29 is 14.2 Å². The summed E-state index contributed by atoms with van der Waals surface area (Å²) in [7, 11) is 0. The second kappa shape index (κ2) is 11.6. The Hall–Kier alpha value is -0.380. The maximum Gasteiger partial charge on any atom is 0.109 e. The number of hydrogen-bond donors (Lipinski definition) is 0. The van der Waals surface area contributed by atoms with Crippen molar-refractivity contribution in [3.05, 3.63) is 11.6 Å². The van der Waals surface area contributed by atoms with Crippen molar-refractivity contribution in [2.75, 3.05) is 13.2 Å². The lowest BCUT2D eigenvalue weighted by atomic mass is 9.47. The lowest BCUT2D eigenvalue weighted by Crippen LogP contribution is -2.51. The van der Waals surface area contributed by atoms with Gasteiger partial charge in [-0.1, -0.05) is 65.5 Å². The predicted octanol–water partition coefficient (Wildman–Crippen LogP) is 9.78. The van der Waals surface area contributed by atoms with Gasteiger partial charge in [0.1, 0.15) is 6.10 Å². The molecule has 0 N–H and O–H groups in total. The van der Waals surface area contributed by atoms with Gasteiger partial charge in [0.2, 0.25) is 0 Å². The van der Waals surface area contributed by atoms with Crippen molar-refractivity contribution in [3.63, 3.8) is 0 Å². The smallest absolute Gasteiger partial charge is 0.109 e. The molecule has 0 amide bonds. The Balaban J connectivity index is 1.18. The second-order valence-electron chi connectivity index (χ2n) is 17.1. The van der Waals surface area contributed by atoms with E-state index < -0.39 is 0 Å². The van der Waals surface area contributed by atoms with Crippen LogP contribution >= 0.6 is 0 Å². The zero-order valence-corrected chi connectivity index (χ0v) is 27.8. The van der Waals surface area contributed by atoms with Crippen molar-refractivity contribution in [1.29, 1.82) is 0 Å². The standard InChI is InChI=1S/C37H64O3/c1-25(2)11-10-12-26(3)30-15-16-31-29-14-13-27-23-28(17-19-36(27,8)32(29)18-20-37(30,31)9)40-34(4,5)21-22-39-35(6,7)33-24-38-33/h13,25-26,28-33H,10-12,14-24H2,1-9H3/t26?,28?,29?,30?,31?,32?,33?,36?,37-/m1/s1. The summed E-state index contributed by atoms with van der Waals surface area (Å²) in [4.78, 5) is 0. The average Bonchev–Trinajstić information content (AvgIpc) is 3.66.